The number of halogens is 2. The third-order valence-electron chi connectivity index (χ3n) is 9.82. The topological polar surface area (TPSA) is 81.7 Å². The SMILES string of the molecule is CCCN(CCC)C(=O)c1cc(C)cc(C(=O)N[C@@H](Cc2cc(F)cc(F)c2)[C@H](O)CNCc2cccc(C3CC4CCC3C4)c2)c1. The van der Waals surface area contributed by atoms with E-state index in [-0.39, 0.29) is 24.4 Å². The number of fused-ring (bicyclic) bond motifs is 2. The van der Waals surface area contributed by atoms with Crippen molar-refractivity contribution in [1.82, 2.24) is 15.5 Å². The van der Waals surface area contributed by atoms with Crippen LogP contribution in [-0.2, 0) is 13.0 Å². The summed E-state index contributed by atoms with van der Waals surface area (Å²) in [6.07, 6.45) is 5.91. The number of amides is 2. The lowest BCUT2D eigenvalue weighted by Gasteiger charge is -2.26. The highest BCUT2D eigenvalue weighted by Crippen LogP contribution is 2.52. The molecule has 3 unspecified atom stereocenters. The quantitative estimate of drug-likeness (QED) is 0.168. The zero-order valence-corrected chi connectivity index (χ0v) is 27.9. The van der Waals surface area contributed by atoms with Crippen molar-refractivity contribution < 1.29 is 23.5 Å². The summed E-state index contributed by atoms with van der Waals surface area (Å²) in [6.45, 7) is 7.81. The van der Waals surface area contributed by atoms with Gasteiger partial charge in [-0.1, -0.05) is 44.5 Å². The summed E-state index contributed by atoms with van der Waals surface area (Å²) >= 11 is 0. The summed E-state index contributed by atoms with van der Waals surface area (Å²) < 4.78 is 28.2. The summed E-state index contributed by atoms with van der Waals surface area (Å²) in [5.74, 6) is 0.230. The molecule has 0 spiro atoms. The van der Waals surface area contributed by atoms with Gasteiger partial charge in [-0.15, -0.1) is 0 Å². The third kappa shape index (κ3) is 9.05. The first kappa shape index (κ1) is 34.7. The Balaban J connectivity index is 1.28. The van der Waals surface area contributed by atoms with E-state index >= 15 is 0 Å². The first-order valence-electron chi connectivity index (χ1n) is 17.3. The van der Waals surface area contributed by atoms with Gasteiger partial charge in [-0.25, -0.2) is 8.78 Å². The molecule has 8 heteroatoms. The average Bonchev–Trinajstić information content (AvgIpc) is 3.68. The number of carbonyl (C=O) groups excluding carboxylic acids is 2. The molecule has 0 aromatic heterocycles. The van der Waals surface area contributed by atoms with Crippen molar-refractivity contribution >= 4 is 11.8 Å². The highest BCUT2D eigenvalue weighted by Gasteiger charge is 2.40. The number of benzene rings is 3. The van der Waals surface area contributed by atoms with Crippen LogP contribution in [0.15, 0.2) is 60.7 Å². The Kier molecular flexibility index (Phi) is 11.8. The molecule has 3 aromatic carbocycles. The molecule has 0 aliphatic heterocycles. The minimum Gasteiger partial charge on any atom is -0.390 e. The van der Waals surface area contributed by atoms with Crippen LogP contribution in [0.3, 0.4) is 0 Å². The maximum atomic E-state index is 14.1. The van der Waals surface area contributed by atoms with E-state index in [0.29, 0.717) is 36.7 Å². The van der Waals surface area contributed by atoms with Gasteiger partial charge in [0.15, 0.2) is 0 Å². The van der Waals surface area contributed by atoms with Gasteiger partial charge in [0.05, 0.1) is 12.1 Å². The predicted octanol–water partition coefficient (Wildman–Crippen LogP) is 6.93. The normalized spacial score (nSPS) is 19.8. The number of nitrogens with zero attached hydrogens (tertiary/aromatic N) is 1. The zero-order chi connectivity index (χ0) is 33.5. The number of carbonyl (C=O) groups is 2. The summed E-state index contributed by atoms with van der Waals surface area (Å²) in [7, 11) is 0. The van der Waals surface area contributed by atoms with Crippen molar-refractivity contribution in [2.45, 2.75) is 90.3 Å². The van der Waals surface area contributed by atoms with Crippen molar-refractivity contribution in [3.63, 3.8) is 0 Å². The molecule has 0 radical (unpaired) electrons. The number of aliphatic hydroxyl groups excluding tert-OH is 1. The molecular formula is C39H49F2N3O3. The van der Waals surface area contributed by atoms with Crippen molar-refractivity contribution in [3.8, 4) is 0 Å². The third-order valence-corrected chi connectivity index (χ3v) is 9.82. The van der Waals surface area contributed by atoms with Crippen LogP contribution in [0, 0.1) is 30.4 Å². The van der Waals surface area contributed by atoms with Gasteiger partial charge in [-0.05, 0) is 116 Å². The Morgan fingerprint density at radius 2 is 1.64 bits per heavy atom. The fourth-order valence-electron chi connectivity index (χ4n) is 7.69. The second-order valence-electron chi connectivity index (χ2n) is 13.7. The van der Waals surface area contributed by atoms with Crippen molar-refractivity contribution in [2.24, 2.45) is 11.8 Å². The predicted molar refractivity (Wildman–Crippen MR) is 181 cm³/mol. The number of hydrogen-bond donors (Lipinski definition) is 3. The molecule has 5 rings (SSSR count). The molecule has 2 amide bonds. The zero-order valence-electron chi connectivity index (χ0n) is 27.9. The standard InChI is InChI=1S/C39H49F2N3O3/c1-4-11-44(12-5-2)39(47)32-14-25(3)13-31(21-32)38(46)43-36(20-28-17-33(40)22-34(41)18-28)37(45)24-42-23-27-7-6-8-29(16-27)35-19-26-9-10-30(35)15-26/h6-8,13-14,16-18,21-22,26,30,35-37,42,45H,4-5,9-12,15,19-20,23-24H2,1-3H3,(H,43,46)/t26?,30?,35?,36-,37+/m0/s1. The van der Waals surface area contributed by atoms with Gasteiger partial charge in [-0.2, -0.15) is 0 Å². The van der Waals surface area contributed by atoms with Gasteiger partial charge < -0.3 is 20.6 Å². The minimum atomic E-state index is -1.06. The van der Waals surface area contributed by atoms with Crippen LogP contribution in [0.25, 0.3) is 0 Å². The van der Waals surface area contributed by atoms with Crippen LogP contribution in [-0.4, -0.2) is 53.6 Å². The summed E-state index contributed by atoms with van der Waals surface area (Å²) in [5, 5.41) is 17.6. The molecule has 2 saturated carbocycles. The van der Waals surface area contributed by atoms with E-state index in [0.717, 1.165) is 41.9 Å². The number of hydrogen-bond acceptors (Lipinski definition) is 4. The smallest absolute Gasteiger partial charge is 0.253 e. The van der Waals surface area contributed by atoms with Crippen molar-refractivity contribution in [2.75, 3.05) is 19.6 Å². The molecular weight excluding hydrogens is 596 g/mol. The highest BCUT2D eigenvalue weighted by atomic mass is 19.1. The molecule has 2 fully saturated rings. The van der Waals surface area contributed by atoms with E-state index in [9.17, 15) is 23.5 Å². The van der Waals surface area contributed by atoms with Crippen molar-refractivity contribution in [1.29, 1.82) is 0 Å². The molecule has 252 valence electrons. The Bertz CT molecular complexity index is 1520. The van der Waals surface area contributed by atoms with Crippen LogP contribution in [0.1, 0.15) is 101 Å². The number of aryl methyl sites for hydroxylation is 1. The average molecular weight is 646 g/mol. The lowest BCUT2D eigenvalue weighted by molar-refractivity contribution is 0.0755. The first-order chi connectivity index (χ1) is 22.6. The van der Waals surface area contributed by atoms with Gasteiger partial charge in [0.25, 0.3) is 11.8 Å². The minimum absolute atomic E-state index is 0.0152. The molecule has 2 aliphatic carbocycles. The molecule has 47 heavy (non-hydrogen) atoms. The maximum absolute atomic E-state index is 14.1. The van der Waals surface area contributed by atoms with Crippen LogP contribution in [0.5, 0.6) is 0 Å². The fraction of sp³-hybridized carbons (Fsp3) is 0.487. The monoisotopic (exact) mass is 645 g/mol. The molecule has 2 bridgehead atoms. The summed E-state index contributed by atoms with van der Waals surface area (Å²) in [5.41, 5.74) is 4.30. The number of rotatable bonds is 15. The Hall–Kier alpha value is -3.62. The van der Waals surface area contributed by atoms with E-state index in [2.05, 4.69) is 34.9 Å². The molecule has 5 atom stereocenters. The lowest BCUT2D eigenvalue weighted by atomic mass is 9.83. The van der Waals surface area contributed by atoms with Crippen LogP contribution in [0.2, 0.25) is 0 Å². The van der Waals surface area contributed by atoms with Crippen LogP contribution >= 0.6 is 0 Å². The van der Waals surface area contributed by atoms with E-state index in [1.165, 1.54) is 43.4 Å². The van der Waals surface area contributed by atoms with Gasteiger partial charge in [0, 0.05) is 43.4 Å². The lowest BCUT2D eigenvalue weighted by Crippen LogP contribution is -2.48. The van der Waals surface area contributed by atoms with E-state index < -0.39 is 29.7 Å². The Labute approximate surface area is 278 Å². The van der Waals surface area contributed by atoms with Crippen LogP contribution < -0.4 is 10.6 Å². The fourth-order valence-corrected chi connectivity index (χ4v) is 7.69. The second kappa shape index (κ2) is 16.0. The van der Waals surface area contributed by atoms with Gasteiger partial charge in [0.1, 0.15) is 11.6 Å². The molecule has 3 N–H and O–H groups in total. The molecule has 0 heterocycles. The van der Waals surface area contributed by atoms with E-state index in [1.54, 1.807) is 23.1 Å². The number of nitrogens with one attached hydrogen (secondary N) is 2. The maximum Gasteiger partial charge on any atom is 0.253 e. The molecule has 2 aliphatic rings. The van der Waals surface area contributed by atoms with Crippen molar-refractivity contribution in [3.05, 3.63) is 106 Å². The van der Waals surface area contributed by atoms with Gasteiger partial charge >= 0.3 is 0 Å². The second-order valence-corrected chi connectivity index (χ2v) is 13.7. The van der Waals surface area contributed by atoms with E-state index in [1.807, 2.05) is 20.8 Å². The molecule has 0 saturated heterocycles. The Morgan fingerprint density at radius 1 is 0.915 bits per heavy atom. The molecule has 6 nitrogen and oxygen atoms in total. The number of aliphatic hydroxyl groups is 1. The largest absolute Gasteiger partial charge is 0.390 e. The first-order valence-corrected chi connectivity index (χ1v) is 17.3. The van der Waals surface area contributed by atoms with Crippen LogP contribution in [0.4, 0.5) is 8.78 Å². The highest BCUT2D eigenvalue weighted by molar-refractivity contribution is 6.00. The van der Waals surface area contributed by atoms with E-state index in [4.69, 9.17) is 0 Å². The van der Waals surface area contributed by atoms with Gasteiger partial charge in [0.2, 0.25) is 0 Å². The Morgan fingerprint density at radius 3 is 2.30 bits per heavy atom. The summed E-state index contributed by atoms with van der Waals surface area (Å²) in [6, 6.07) is 16.1. The van der Waals surface area contributed by atoms with Gasteiger partial charge in [-0.3, -0.25) is 9.59 Å². The molecule has 3 aromatic rings. The summed E-state index contributed by atoms with van der Waals surface area (Å²) in [4.78, 5) is 28.7.